The summed E-state index contributed by atoms with van der Waals surface area (Å²) in [6, 6.07) is 0.208. The molecular weight excluding hydrogens is 241 g/mol. The van der Waals surface area contributed by atoms with Gasteiger partial charge in [0, 0.05) is 25.2 Å². The fourth-order valence-corrected chi connectivity index (χ4v) is 2.76. The van der Waals surface area contributed by atoms with Gasteiger partial charge in [-0.1, -0.05) is 20.8 Å². The van der Waals surface area contributed by atoms with Gasteiger partial charge in [-0.2, -0.15) is 13.2 Å². The van der Waals surface area contributed by atoms with Crippen LogP contribution in [0.15, 0.2) is 0 Å². The van der Waals surface area contributed by atoms with E-state index in [2.05, 4.69) is 26.1 Å². The third-order valence-electron chi connectivity index (χ3n) is 4.05. The van der Waals surface area contributed by atoms with Crippen molar-refractivity contribution in [2.24, 2.45) is 11.3 Å². The van der Waals surface area contributed by atoms with Crippen molar-refractivity contribution in [1.82, 2.24) is 10.2 Å². The van der Waals surface area contributed by atoms with E-state index in [1.54, 1.807) is 4.90 Å². The van der Waals surface area contributed by atoms with E-state index in [1.165, 1.54) is 0 Å². The highest BCUT2D eigenvalue weighted by molar-refractivity contribution is 4.98. The number of hydrogen-bond acceptors (Lipinski definition) is 2. The molecule has 1 heterocycles. The van der Waals surface area contributed by atoms with Crippen molar-refractivity contribution in [3.05, 3.63) is 0 Å². The summed E-state index contributed by atoms with van der Waals surface area (Å²) >= 11 is 0. The molecule has 0 bridgehead atoms. The van der Waals surface area contributed by atoms with Crippen molar-refractivity contribution >= 4 is 0 Å². The van der Waals surface area contributed by atoms with Crippen LogP contribution in [0.5, 0.6) is 0 Å². The molecule has 0 radical (unpaired) electrons. The number of nitrogens with zero attached hydrogens (tertiary/aromatic N) is 1. The molecule has 106 valence electrons. The Bertz CT molecular complexity index is 292. The smallest absolute Gasteiger partial charge is 0.311 e. The van der Waals surface area contributed by atoms with Crippen molar-refractivity contribution in [3.8, 4) is 0 Å². The van der Waals surface area contributed by atoms with Crippen molar-refractivity contribution in [3.63, 3.8) is 0 Å². The molecule has 1 N–H and O–H groups in total. The number of hydrogen-bond donors (Lipinski definition) is 1. The van der Waals surface area contributed by atoms with Crippen molar-refractivity contribution < 1.29 is 13.2 Å². The zero-order valence-corrected chi connectivity index (χ0v) is 11.3. The molecule has 0 amide bonds. The molecule has 1 aliphatic heterocycles. The van der Waals surface area contributed by atoms with Crippen LogP contribution in [0, 0.1) is 11.3 Å². The Balaban J connectivity index is 2.03. The maximum Gasteiger partial charge on any atom is 0.401 e. The minimum absolute atomic E-state index is 0.00162. The first-order valence-corrected chi connectivity index (χ1v) is 6.71. The predicted octanol–water partition coefficient (Wildman–Crippen LogP) is 2.65. The topological polar surface area (TPSA) is 15.3 Å². The first kappa shape index (κ1) is 14.1. The largest absolute Gasteiger partial charge is 0.401 e. The lowest BCUT2D eigenvalue weighted by Crippen LogP contribution is -2.62. The Morgan fingerprint density at radius 3 is 2.22 bits per heavy atom. The molecule has 0 aromatic heterocycles. The lowest BCUT2D eigenvalue weighted by Gasteiger charge is -2.45. The molecule has 0 aromatic rings. The third-order valence-corrected chi connectivity index (χ3v) is 4.05. The lowest BCUT2D eigenvalue weighted by atomic mass is 9.84. The second-order valence-electron chi connectivity index (χ2n) is 6.78. The molecule has 0 aromatic carbocycles. The minimum Gasteiger partial charge on any atom is -0.311 e. The van der Waals surface area contributed by atoms with E-state index in [1.807, 2.05) is 0 Å². The van der Waals surface area contributed by atoms with E-state index >= 15 is 0 Å². The van der Waals surface area contributed by atoms with Gasteiger partial charge in [0.1, 0.15) is 0 Å². The van der Waals surface area contributed by atoms with Crippen molar-refractivity contribution in [2.45, 2.75) is 51.9 Å². The van der Waals surface area contributed by atoms with Gasteiger partial charge in [0.25, 0.3) is 0 Å². The standard InChI is InChI=1S/C13H23F3N2/c1-12(2,3)11-7-18(8-13(14,15)16)10(6-17-11)9-4-5-9/h9-11,17H,4-8H2,1-3H3. The van der Waals surface area contributed by atoms with E-state index in [9.17, 15) is 13.2 Å². The SMILES string of the molecule is CC(C)(C)C1CN(CC(F)(F)F)C(C2CC2)CN1. The summed E-state index contributed by atoms with van der Waals surface area (Å²) in [4.78, 5) is 1.66. The average Bonchev–Trinajstić information content (AvgIpc) is 2.96. The summed E-state index contributed by atoms with van der Waals surface area (Å²) in [7, 11) is 0. The van der Waals surface area contributed by atoms with Crippen LogP contribution in [-0.4, -0.2) is 42.8 Å². The Hall–Kier alpha value is -0.290. The highest BCUT2D eigenvalue weighted by atomic mass is 19.4. The van der Waals surface area contributed by atoms with Gasteiger partial charge in [0.05, 0.1) is 6.54 Å². The summed E-state index contributed by atoms with van der Waals surface area (Å²) in [5.74, 6) is 0.473. The van der Waals surface area contributed by atoms with Crippen molar-refractivity contribution in [1.29, 1.82) is 0 Å². The van der Waals surface area contributed by atoms with Crippen LogP contribution in [0.1, 0.15) is 33.6 Å². The molecule has 1 saturated carbocycles. The van der Waals surface area contributed by atoms with Gasteiger partial charge in [0.2, 0.25) is 0 Å². The number of piperazine rings is 1. The van der Waals surface area contributed by atoms with Gasteiger partial charge in [0.15, 0.2) is 0 Å². The second kappa shape index (κ2) is 4.67. The van der Waals surface area contributed by atoms with Crippen LogP contribution in [0.25, 0.3) is 0 Å². The maximum absolute atomic E-state index is 12.7. The molecule has 2 rings (SSSR count). The van der Waals surface area contributed by atoms with Gasteiger partial charge in [-0.05, 0) is 24.2 Å². The quantitative estimate of drug-likeness (QED) is 0.825. The lowest BCUT2D eigenvalue weighted by molar-refractivity contribution is -0.156. The maximum atomic E-state index is 12.7. The first-order valence-electron chi connectivity index (χ1n) is 6.71. The molecule has 1 saturated heterocycles. The fraction of sp³-hybridized carbons (Fsp3) is 1.00. The van der Waals surface area contributed by atoms with Gasteiger partial charge in [-0.3, -0.25) is 4.90 Å². The zero-order chi connectivity index (χ0) is 13.6. The van der Waals surface area contributed by atoms with Crippen LogP contribution in [0.2, 0.25) is 0 Å². The van der Waals surface area contributed by atoms with Crippen molar-refractivity contribution in [2.75, 3.05) is 19.6 Å². The Labute approximate surface area is 107 Å². The van der Waals surface area contributed by atoms with E-state index in [0.717, 1.165) is 12.8 Å². The minimum atomic E-state index is -4.09. The number of alkyl halides is 3. The van der Waals surface area contributed by atoms with E-state index in [4.69, 9.17) is 0 Å². The highest BCUT2D eigenvalue weighted by Gasteiger charge is 2.44. The molecule has 5 heteroatoms. The van der Waals surface area contributed by atoms with Crippen LogP contribution in [0.3, 0.4) is 0 Å². The molecule has 2 nitrogen and oxygen atoms in total. The number of nitrogens with one attached hydrogen (secondary N) is 1. The molecule has 2 fully saturated rings. The molecular formula is C13H23F3N2. The third kappa shape index (κ3) is 3.60. The van der Waals surface area contributed by atoms with Gasteiger partial charge in [-0.15, -0.1) is 0 Å². The normalized spacial score (nSPS) is 31.7. The summed E-state index contributed by atoms with van der Waals surface area (Å²) in [6.07, 6.45) is -1.92. The summed E-state index contributed by atoms with van der Waals surface area (Å²) < 4.78 is 38.0. The van der Waals surface area contributed by atoms with E-state index in [-0.39, 0.29) is 17.5 Å². The van der Waals surface area contributed by atoms with Crippen LogP contribution in [-0.2, 0) is 0 Å². The molecule has 2 unspecified atom stereocenters. The van der Waals surface area contributed by atoms with Crippen LogP contribution >= 0.6 is 0 Å². The van der Waals surface area contributed by atoms with E-state index < -0.39 is 12.7 Å². The van der Waals surface area contributed by atoms with Crippen LogP contribution in [0.4, 0.5) is 13.2 Å². The fourth-order valence-electron chi connectivity index (χ4n) is 2.76. The summed E-state index contributed by atoms with van der Waals surface area (Å²) in [6.45, 7) is 6.67. The monoisotopic (exact) mass is 264 g/mol. The highest BCUT2D eigenvalue weighted by Crippen LogP contribution is 2.38. The second-order valence-corrected chi connectivity index (χ2v) is 6.78. The zero-order valence-electron chi connectivity index (χ0n) is 11.3. The number of halogens is 3. The molecule has 0 spiro atoms. The van der Waals surface area contributed by atoms with Crippen LogP contribution < -0.4 is 5.32 Å². The summed E-state index contributed by atoms with van der Waals surface area (Å²) in [5.41, 5.74) is -0.00162. The average molecular weight is 264 g/mol. The Morgan fingerprint density at radius 2 is 1.78 bits per heavy atom. The molecule has 1 aliphatic carbocycles. The Morgan fingerprint density at radius 1 is 1.17 bits per heavy atom. The van der Waals surface area contributed by atoms with Gasteiger partial charge in [-0.25, -0.2) is 0 Å². The first-order chi connectivity index (χ1) is 8.17. The Kier molecular flexibility index (Phi) is 3.67. The molecule has 18 heavy (non-hydrogen) atoms. The van der Waals surface area contributed by atoms with Gasteiger partial charge >= 0.3 is 6.18 Å². The molecule has 2 atom stereocenters. The van der Waals surface area contributed by atoms with E-state index in [0.29, 0.717) is 19.0 Å². The summed E-state index contributed by atoms with van der Waals surface area (Å²) in [5, 5.41) is 3.44. The number of rotatable bonds is 2. The van der Waals surface area contributed by atoms with Gasteiger partial charge < -0.3 is 5.32 Å². The predicted molar refractivity (Wildman–Crippen MR) is 65.4 cm³/mol. The molecule has 2 aliphatic rings.